The van der Waals surface area contributed by atoms with Crippen molar-refractivity contribution in [2.75, 3.05) is 25.4 Å². The smallest absolute Gasteiger partial charge is 0.318 e. The van der Waals surface area contributed by atoms with E-state index in [4.69, 9.17) is 10.5 Å². The maximum atomic E-state index is 6.15. The standard InChI is InChI=1S/C22H28N4O/c1-2-3-13-27-22-24-20-18(9-10-19(20)21(23)25-22)14-16-5-7-17(8-6-16)15-26-11-4-12-26/h5-9H,2-4,10-15H2,1H3,(H2,23,24,25). The Hall–Kier alpha value is -2.40. The van der Waals surface area contributed by atoms with Crippen molar-refractivity contribution in [1.82, 2.24) is 14.9 Å². The van der Waals surface area contributed by atoms with Gasteiger partial charge < -0.3 is 10.5 Å². The van der Waals surface area contributed by atoms with Crippen LogP contribution in [0.15, 0.2) is 30.3 Å². The number of allylic oxidation sites excluding steroid dienone is 2. The molecule has 142 valence electrons. The molecular formula is C22H28N4O. The molecule has 0 bridgehead atoms. The van der Waals surface area contributed by atoms with Crippen LogP contribution in [0.5, 0.6) is 6.01 Å². The van der Waals surface area contributed by atoms with Gasteiger partial charge in [0.1, 0.15) is 5.82 Å². The highest BCUT2D eigenvalue weighted by molar-refractivity contribution is 5.75. The number of benzene rings is 1. The number of likely N-dealkylation sites (tertiary alicyclic amines) is 1. The van der Waals surface area contributed by atoms with Crippen LogP contribution in [-0.2, 0) is 19.4 Å². The highest BCUT2D eigenvalue weighted by atomic mass is 16.5. The Kier molecular flexibility index (Phi) is 5.39. The first-order valence-electron chi connectivity index (χ1n) is 10.0. The number of rotatable bonds is 8. The van der Waals surface area contributed by atoms with E-state index in [-0.39, 0.29) is 0 Å². The van der Waals surface area contributed by atoms with Gasteiger partial charge in [0.05, 0.1) is 12.3 Å². The summed E-state index contributed by atoms with van der Waals surface area (Å²) in [5.74, 6) is 0.544. The van der Waals surface area contributed by atoms with Crippen molar-refractivity contribution in [1.29, 1.82) is 0 Å². The number of nitrogens with zero attached hydrogens (tertiary/aromatic N) is 3. The van der Waals surface area contributed by atoms with Gasteiger partial charge >= 0.3 is 6.01 Å². The van der Waals surface area contributed by atoms with Crippen molar-refractivity contribution < 1.29 is 4.74 Å². The van der Waals surface area contributed by atoms with Gasteiger partial charge in [0.15, 0.2) is 0 Å². The van der Waals surface area contributed by atoms with E-state index in [1.165, 1.54) is 36.2 Å². The van der Waals surface area contributed by atoms with Crippen molar-refractivity contribution >= 4 is 11.4 Å². The van der Waals surface area contributed by atoms with E-state index in [1.54, 1.807) is 0 Å². The summed E-state index contributed by atoms with van der Waals surface area (Å²) in [6, 6.07) is 9.36. The van der Waals surface area contributed by atoms with E-state index in [1.807, 2.05) is 0 Å². The zero-order valence-corrected chi connectivity index (χ0v) is 16.1. The average molecular weight is 364 g/mol. The fourth-order valence-corrected chi connectivity index (χ4v) is 3.58. The predicted molar refractivity (Wildman–Crippen MR) is 109 cm³/mol. The summed E-state index contributed by atoms with van der Waals surface area (Å²) in [7, 11) is 0. The molecule has 0 atom stereocenters. The molecule has 2 aliphatic rings. The Morgan fingerprint density at radius 3 is 2.59 bits per heavy atom. The van der Waals surface area contributed by atoms with Gasteiger partial charge in [-0.25, -0.2) is 0 Å². The minimum absolute atomic E-state index is 0.400. The number of fused-ring (bicyclic) bond motifs is 1. The van der Waals surface area contributed by atoms with Crippen LogP contribution in [0.4, 0.5) is 5.82 Å². The molecule has 4 rings (SSSR count). The maximum absolute atomic E-state index is 6.15. The second-order valence-electron chi connectivity index (χ2n) is 7.48. The molecule has 2 aromatic rings. The van der Waals surface area contributed by atoms with E-state index < -0.39 is 0 Å². The summed E-state index contributed by atoms with van der Waals surface area (Å²) in [6.45, 7) is 6.29. The Morgan fingerprint density at radius 2 is 1.89 bits per heavy atom. The van der Waals surface area contributed by atoms with Crippen LogP contribution in [0.2, 0.25) is 0 Å². The first-order valence-corrected chi connectivity index (χ1v) is 10.0. The monoisotopic (exact) mass is 364 g/mol. The van der Waals surface area contributed by atoms with Gasteiger partial charge in [0.25, 0.3) is 0 Å². The lowest BCUT2D eigenvalue weighted by Gasteiger charge is -2.30. The summed E-state index contributed by atoms with van der Waals surface area (Å²) in [5.41, 5.74) is 12.0. The number of ether oxygens (including phenoxy) is 1. The van der Waals surface area contributed by atoms with Crippen molar-refractivity contribution in [2.45, 2.75) is 45.6 Å². The molecule has 2 N–H and O–H groups in total. The third kappa shape index (κ3) is 4.14. The molecule has 1 aliphatic carbocycles. The Bertz CT molecular complexity index is 825. The molecule has 1 aromatic carbocycles. The Labute approximate surface area is 161 Å². The molecular weight excluding hydrogens is 336 g/mol. The van der Waals surface area contributed by atoms with Crippen LogP contribution < -0.4 is 10.5 Å². The number of nitrogen functional groups attached to an aromatic ring is 1. The van der Waals surface area contributed by atoms with Gasteiger partial charge in [-0.15, -0.1) is 0 Å². The minimum atomic E-state index is 0.400. The third-order valence-corrected chi connectivity index (χ3v) is 5.38. The van der Waals surface area contributed by atoms with Crippen LogP contribution in [-0.4, -0.2) is 34.6 Å². The summed E-state index contributed by atoms with van der Waals surface area (Å²) in [5, 5.41) is 0. The second-order valence-corrected chi connectivity index (χ2v) is 7.48. The van der Waals surface area contributed by atoms with Crippen molar-refractivity contribution in [3.05, 3.63) is 52.7 Å². The fourth-order valence-electron chi connectivity index (χ4n) is 3.58. The van der Waals surface area contributed by atoms with Gasteiger partial charge in [-0.3, -0.25) is 4.90 Å². The highest BCUT2D eigenvalue weighted by Crippen LogP contribution is 2.32. The third-order valence-electron chi connectivity index (χ3n) is 5.38. The van der Waals surface area contributed by atoms with Crippen LogP contribution in [0.1, 0.15) is 48.6 Å². The number of hydrogen-bond acceptors (Lipinski definition) is 5. The lowest BCUT2D eigenvalue weighted by Crippen LogP contribution is -2.36. The van der Waals surface area contributed by atoms with Crippen LogP contribution >= 0.6 is 0 Å². The average Bonchev–Trinajstić information content (AvgIpc) is 3.03. The molecule has 2 heterocycles. The molecule has 0 saturated carbocycles. The van der Waals surface area contributed by atoms with Gasteiger partial charge in [-0.2, -0.15) is 9.97 Å². The molecule has 27 heavy (non-hydrogen) atoms. The first-order chi connectivity index (χ1) is 13.2. The normalized spacial score (nSPS) is 16.0. The van der Waals surface area contributed by atoms with Gasteiger partial charge in [0, 0.05) is 12.1 Å². The minimum Gasteiger partial charge on any atom is -0.463 e. The molecule has 1 fully saturated rings. The summed E-state index contributed by atoms with van der Waals surface area (Å²) < 4.78 is 5.69. The molecule has 5 heteroatoms. The van der Waals surface area contributed by atoms with Gasteiger partial charge in [0.2, 0.25) is 0 Å². The molecule has 1 aromatic heterocycles. The predicted octanol–water partition coefficient (Wildman–Crippen LogP) is 3.63. The number of nitrogens with two attached hydrogens (primary N) is 1. The van der Waals surface area contributed by atoms with E-state index in [9.17, 15) is 0 Å². The molecule has 1 saturated heterocycles. The number of aromatic nitrogens is 2. The lowest BCUT2D eigenvalue weighted by atomic mass is 10.0. The first kappa shape index (κ1) is 18.0. The molecule has 5 nitrogen and oxygen atoms in total. The van der Waals surface area contributed by atoms with Crippen molar-refractivity contribution in [2.24, 2.45) is 0 Å². The van der Waals surface area contributed by atoms with Gasteiger partial charge in [-0.05, 0) is 55.5 Å². The SMILES string of the molecule is CCCCOc1nc(N)c2c(n1)C(Cc1ccc(CN3CCC3)cc1)=CC2. The van der Waals surface area contributed by atoms with E-state index in [2.05, 4.69) is 52.1 Å². The zero-order valence-electron chi connectivity index (χ0n) is 16.1. The topological polar surface area (TPSA) is 64.3 Å². The number of hydrogen-bond donors (Lipinski definition) is 1. The maximum Gasteiger partial charge on any atom is 0.318 e. The zero-order chi connectivity index (χ0) is 18.6. The van der Waals surface area contributed by atoms with Crippen molar-refractivity contribution in [3.63, 3.8) is 0 Å². The van der Waals surface area contributed by atoms with Crippen LogP contribution in [0, 0.1) is 0 Å². The Balaban J connectivity index is 1.45. The lowest BCUT2D eigenvalue weighted by molar-refractivity contribution is 0.172. The van der Waals surface area contributed by atoms with Gasteiger partial charge in [-0.1, -0.05) is 43.7 Å². The summed E-state index contributed by atoms with van der Waals surface area (Å²) in [6.07, 6.45) is 7.30. The second kappa shape index (κ2) is 8.09. The molecule has 0 amide bonds. The fraction of sp³-hybridized carbons (Fsp3) is 0.455. The highest BCUT2D eigenvalue weighted by Gasteiger charge is 2.21. The molecule has 0 unspecified atom stereocenters. The quantitative estimate of drug-likeness (QED) is 0.725. The van der Waals surface area contributed by atoms with E-state index in [0.29, 0.717) is 18.4 Å². The molecule has 0 radical (unpaired) electrons. The summed E-state index contributed by atoms with van der Waals surface area (Å²) in [4.78, 5) is 11.4. The van der Waals surface area contributed by atoms with E-state index >= 15 is 0 Å². The van der Waals surface area contributed by atoms with Crippen LogP contribution in [0.25, 0.3) is 5.57 Å². The molecule has 1 aliphatic heterocycles. The largest absolute Gasteiger partial charge is 0.463 e. The number of anilines is 1. The van der Waals surface area contributed by atoms with Crippen molar-refractivity contribution in [3.8, 4) is 6.01 Å². The number of unbranched alkanes of at least 4 members (excludes halogenated alkanes) is 1. The Morgan fingerprint density at radius 1 is 1.11 bits per heavy atom. The summed E-state index contributed by atoms with van der Waals surface area (Å²) >= 11 is 0. The molecule has 0 spiro atoms. The van der Waals surface area contributed by atoms with Crippen LogP contribution in [0.3, 0.4) is 0 Å². The van der Waals surface area contributed by atoms with E-state index in [0.717, 1.165) is 43.5 Å².